The Labute approximate surface area is 728 Å². The van der Waals surface area contributed by atoms with Gasteiger partial charge in [-0.1, -0.05) is 68.5 Å². The fraction of sp³-hybridized carbons (Fsp3) is 0.394. The Morgan fingerprint density at radius 1 is 0.496 bits per heavy atom. The molecule has 3 aliphatic rings. The van der Waals surface area contributed by atoms with Gasteiger partial charge in [0.1, 0.15) is 40.1 Å². The first kappa shape index (κ1) is 95.0. The smallest absolute Gasteiger partial charge is 0.444 e. The van der Waals surface area contributed by atoms with E-state index in [1.807, 2.05) is 11.0 Å². The Balaban J connectivity index is 0.000000174. The van der Waals surface area contributed by atoms with Crippen LogP contribution in [0.4, 0.5) is 38.5 Å². The van der Waals surface area contributed by atoms with Crippen molar-refractivity contribution in [1.82, 2.24) is 86.8 Å². The molecule has 0 aliphatic carbocycles. The van der Waals surface area contributed by atoms with Crippen molar-refractivity contribution in [2.24, 2.45) is 15.7 Å². The highest BCUT2D eigenvalue weighted by Gasteiger charge is 2.51. The fourth-order valence-corrected chi connectivity index (χ4v) is 14.7. The number of thioether (sulfide) groups is 4. The third-order valence-corrected chi connectivity index (χ3v) is 22.2. The number of hydroxylamine groups is 2. The first-order chi connectivity index (χ1) is 58.3. The molecule has 0 radical (unpaired) electrons. The minimum Gasteiger partial charge on any atom is -0.444 e. The summed E-state index contributed by atoms with van der Waals surface area (Å²) in [6, 6.07) is 15.0. The van der Waals surface area contributed by atoms with Crippen LogP contribution in [0.5, 0.6) is 0 Å². The Kier molecular flexibility index (Phi) is 32.5. The van der Waals surface area contributed by atoms with Crippen LogP contribution in [0.15, 0.2) is 140 Å². The van der Waals surface area contributed by atoms with Crippen molar-refractivity contribution in [2.75, 3.05) is 68.8 Å². The number of nitrogens with two attached hydrogens (primary N) is 1. The van der Waals surface area contributed by atoms with Gasteiger partial charge in [-0.3, -0.25) is 44.8 Å². The maximum absolute atomic E-state index is 13.6. The third-order valence-electron chi connectivity index (χ3n) is 17.0. The first-order valence-electron chi connectivity index (χ1n) is 36.3. The van der Waals surface area contributed by atoms with E-state index in [1.165, 1.54) is 105 Å². The molecule has 658 valence electrons. The van der Waals surface area contributed by atoms with Crippen LogP contribution >= 0.6 is 93.5 Å². The molecule has 0 atom stereocenters. The molecule has 10 aromatic rings. The number of aliphatic imine (C=N–C) groups is 2. The second kappa shape index (κ2) is 42.0. The van der Waals surface area contributed by atoms with Gasteiger partial charge in [-0.05, 0) is 175 Å². The molecule has 6 aromatic heterocycles. The van der Waals surface area contributed by atoms with E-state index < -0.39 is 75.0 Å². The summed E-state index contributed by atoms with van der Waals surface area (Å²) in [5, 5.41) is 90.9. The number of amides is 2. The molecule has 9 heterocycles. The zero-order chi connectivity index (χ0) is 89.3. The molecule has 0 bridgehead atoms. The predicted octanol–water partition coefficient (Wildman–Crippen LogP) is 9.85. The van der Waals surface area contributed by atoms with Gasteiger partial charge in [-0.15, -0.1) is 35.3 Å². The summed E-state index contributed by atoms with van der Waals surface area (Å²) in [6.07, 6.45) is 0.523. The molecular weight excluding hydrogens is 1800 g/mol. The molecule has 3 aliphatic heterocycles. The molecule has 52 heteroatoms. The van der Waals surface area contributed by atoms with Crippen LogP contribution < -0.4 is 33.5 Å². The number of carbonyl (C=O) groups is 5. The van der Waals surface area contributed by atoms with Crippen molar-refractivity contribution in [3.05, 3.63) is 149 Å². The molecule has 0 unspecified atom stereocenters. The van der Waals surface area contributed by atoms with Gasteiger partial charge in [0.05, 0.1) is 69.0 Å². The Bertz CT molecular complexity index is 5610. The van der Waals surface area contributed by atoms with E-state index in [2.05, 4.69) is 71.4 Å². The number of nitrogens with one attached hydrogen (secondary N) is 3. The van der Waals surface area contributed by atoms with Crippen molar-refractivity contribution < 1.29 is 104 Å². The van der Waals surface area contributed by atoms with Crippen LogP contribution in [0, 0.1) is 23.3 Å². The maximum Gasteiger partial charge on any atom is 0.446 e. The van der Waals surface area contributed by atoms with Crippen LogP contribution in [-0.4, -0.2) is 234 Å². The standard InChI is InChI=1S/C22H23ClFN5O7S.C21H25ClFN5O6S.C16H17ClFN5O4S.C12H9ClFN5O3S/c1-21(2,3)34-19(31)28-10-22(33,11-28)15(30)5-4-8-37-18-16(25-36-27-18)17-26-35-20(32)29(17)12-6-7-14(24)13(23)9-12;1-20(2,3)33-19(30)28-10-21(31,11-28)15(29)5-4-8-35-18-16(26-34-27-18)17(25-32)24-12-6-7-14(23)13(22)9-12;17-10-6-9(3-4-11(10)18)20-14(21-26)13-15(23-27-22-13)28-5-1-2-12(24)16(25)7-19-8-16;13-7-5-6(1-2-8(7)14)19-10(17-21-12(19)20)9-11(18-22-16-9)23-4-3-15/h6-7,9,33H,4-5,8,10-11H2,1-3H3;6-7,9,31-32H,4-5,8,10-11H2,1-3H3,(H,24,25);3-4,6,19,25-26H,1-2,5,7-8H2,(H,20,21);1-2,5H,3-4,15H2. The zero-order valence-corrected chi connectivity index (χ0v) is 71.5. The van der Waals surface area contributed by atoms with Crippen molar-refractivity contribution in [3.63, 3.8) is 0 Å². The van der Waals surface area contributed by atoms with Gasteiger partial charge < -0.3 is 45.6 Å². The number of halogens is 8. The number of ketones is 3. The van der Waals surface area contributed by atoms with Crippen LogP contribution in [0.1, 0.15) is 91.5 Å². The van der Waals surface area contributed by atoms with Gasteiger partial charge in [0, 0.05) is 61.9 Å². The SMILES string of the molecule is CC(C)(C)OC(=O)N1CC(O)(C(=O)CCCSc2nonc2-c2noc(=O)n2-c2ccc(F)c(Cl)c2)C1.CC(C)(C)OC(=O)N1CC(O)(C(=O)CCCSc2nonc2C(=Nc2ccc(F)c(Cl)c2)NO)C1.NCCSc1nonc1-c1noc(=O)n1-c1ccc(F)c(Cl)c1.O=C(CCCSc1nonc1C(=Nc1ccc(F)c(Cl)c1)NO)C1(O)CNC1. The number of hydrogen-bond donors (Lipinski definition) is 9. The van der Waals surface area contributed by atoms with Gasteiger partial charge in [-0.2, -0.15) is 0 Å². The van der Waals surface area contributed by atoms with Gasteiger partial charge in [0.15, 0.2) is 83.1 Å². The van der Waals surface area contributed by atoms with Gasteiger partial charge in [0.25, 0.3) is 0 Å². The molecular formula is C71H74Cl4F4N20O20S4. The zero-order valence-electron chi connectivity index (χ0n) is 65.2. The maximum atomic E-state index is 13.6. The second-order valence-corrected chi connectivity index (χ2v) is 34.5. The lowest BCUT2D eigenvalue weighted by atomic mass is 9.87. The van der Waals surface area contributed by atoms with Crippen molar-refractivity contribution >= 4 is 146 Å². The summed E-state index contributed by atoms with van der Waals surface area (Å²) in [5.74, 6) is -3.26. The summed E-state index contributed by atoms with van der Waals surface area (Å²) in [5.41, 5.74) is 5.10. The number of β-amino-alcohol motifs (C(OH)–C–C–N with tert-alkyl or cyclic N) is 3. The molecule has 0 spiro atoms. The highest BCUT2D eigenvalue weighted by atomic mass is 35.5. The number of ether oxygens (including phenoxy) is 2. The molecule has 10 N–H and O–H groups in total. The molecule has 13 rings (SSSR count). The monoisotopic (exact) mass is 1870 g/mol. The quantitative estimate of drug-likeness (QED) is 0.00525. The predicted molar refractivity (Wildman–Crippen MR) is 432 cm³/mol. The van der Waals surface area contributed by atoms with E-state index in [9.17, 15) is 76.9 Å². The second-order valence-electron chi connectivity index (χ2n) is 28.6. The number of nitrogens with zero attached hydrogens (tertiary/aromatic N) is 16. The van der Waals surface area contributed by atoms with Crippen LogP contribution in [-0.2, 0) is 23.9 Å². The number of amidine groups is 2. The highest BCUT2D eigenvalue weighted by Crippen LogP contribution is 2.36. The van der Waals surface area contributed by atoms with E-state index >= 15 is 0 Å². The van der Waals surface area contributed by atoms with Crippen LogP contribution in [0.2, 0.25) is 20.1 Å². The van der Waals surface area contributed by atoms with E-state index in [0.29, 0.717) is 63.9 Å². The minimum atomic E-state index is -1.60. The summed E-state index contributed by atoms with van der Waals surface area (Å²) in [4.78, 5) is 96.0. The normalized spacial score (nSPS) is 14.6. The largest absolute Gasteiger partial charge is 0.446 e. The van der Waals surface area contributed by atoms with E-state index in [4.69, 9.17) is 84.7 Å². The Hall–Kier alpha value is -10.2. The van der Waals surface area contributed by atoms with E-state index in [-0.39, 0.29) is 170 Å². The van der Waals surface area contributed by atoms with Gasteiger partial charge in [0.2, 0.25) is 11.6 Å². The fourth-order valence-electron chi connectivity index (χ4n) is 10.8. The number of benzene rings is 4. The van der Waals surface area contributed by atoms with E-state index in [1.54, 1.807) is 41.5 Å². The number of aromatic nitrogens is 12. The topological polar surface area (TPSA) is 550 Å². The molecule has 2 amide bonds. The number of likely N-dealkylation sites (tertiary alicyclic amines) is 2. The lowest BCUT2D eigenvalue weighted by Gasteiger charge is -2.45. The highest BCUT2D eigenvalue weighted by molar-refractivity contribution is 8.00. The average Bonchev–Trinajstić information content (AvgIpc) is 1.77. The molecule has 4 aromatic carbocycles. The molecule has 3 fully saturated rings. The Morgan fingerprint density at radius 3 is 1.16 bits per heavy atom. The summed E-state index contributed by atoms with van der Waals surface area (Å²) < 4.78 is 94.5. The number of rotatable bonds is 29. The average molecular weight is 1870 g/mol. The molecule has 0 saturated carbocycles. The minimum absolute atomic E-state index is 0.0292. The summed E-state index contributed by atoms with van der Waals surface area (Å²) in [7, 11) is 0. The Morgan fingerprint density at radius 2 is 0.829 bits per heavy atom. The molecule has 3 saturated heterocycles. The summed E-state index contributed by atoms with van der Waals surface area (Å²) >= 11 is 28.0. The van der Waals surface area contributed by atoms with Crippen LogP contribution in [0.3, 0.4) is 0 Å². The number of aliphatic hydroxyl groups is 3. The van der Waals surface area contributed by atoms with Gasteiger partial charge >= 0.3 is 23.7 Å². The third kappa shape index (κ3) is 24.9. The van der Waals surface area contributed by atoms with Crippen molar-refractivity contribution in [3.8, 4) is 34.4 Å². The lowest BCUT2D eigenvalue weighted by Crippen LogP contribution is -2.67. The van der Waals surface area contributed by atoms with Crippen LogP contribution in [0.25, 0.3) is 34.4 Å². The number of hydrogen-bond acceptors (Lipinski definition) is 38. The molecule has 123 heavy (non-hydrogen) atoms. The number of carbonyl (C=O) groups excluding carboxylic acids is 5. The number of Topliss-reactive ketones (excluding diaryl/α,β-unsaturated/α-hetero) is 3. The van der Waals surface area contributed by atoms with Gasteiger partial charge in [-0.25, -0.2) is 74.4 Å². The van der Waals surface area contributed by atoms with Crippen molar-refractivity contribution in [1.29, 1.82) is 0 Å². The molecule has 40 nitrogen and oxygen atoms in total. The van der Waals surface area contributed by atoms with E-state index in [0.717, 1.165) is 33.4 Å². The summed E-state index contributed by atoms with van der Waals surface area (Å²) in [6.45, 7) is 10.9. The lowest BCUT2D eigenvalue weighted by molar-refractivity contribution is -0.155. The first-order valence-corrected chi connectivity index (χ1v) is 41.7. The van der Waals surface area contributed by atoms with Crippen molar-refractivity contribution in [2.45, 2.75) is 128 Å².